The SMILES string of the molecule is NC(=O)C(NCc1cccnc1)c1ccc(C(F)(F)F)c(Cc2cccnc2)c1. The molecule has 0 spiro atoms. The number of alkyl halides is 3. The van der Waals surface area contributed by atoms with E-state index >= 15 is 0 Å². The van der Waals surface area contributed by atoms with Gasteiger partial charge in [-0.3, -0.25) is 20.1 Å². The van der Waals surface area contributed by atoms with Crippen LogP contribution < -0.4 is 11.1 Å². The van der Waals surface area contributed by atoms with Crippen molar-refractivity contribution >= 4 is 5.91 Å². The number of pyridine rings is 2. The first-order valence-corrected chi connectivity index (χ1v) is 8.85. The summed E-state index contributed by atoms with van der Waals surface area (Å²) in [6.45, 7) is 0.292. The van der Waals surface area contributed by atoms with Crippen LogP contribution in [0.5, 0.6) is 0 Å². The van der Waals surface area contributed by atoms with Crippen molar-refractivity contribution in [2.24, 2.45) is 5.73 Å². The molecule has 0 fully saturated rings. The Balaban J connectivity index is 1.92. The number of halogens is 3. The van der Waals surface area contributed by atoms with Crippen LogP contribution in [0.1, 0.15) is 33.9 Å². The lowest BCUT2D eigenvalue weighted by atomic mass is 9.94. The van der Waals surface area contributed by atoms with Crippen LogP contribution in [0.2, 0.25) is 0 Å². The molecule has 1 aromatic carbocycles. The Bertz CT molecular complexity index is 963. The first-order chi connectivity index (χ1) is 13.8. The molecule has 0 saturated heterocycles. The molecule has 3 rings (SSSR count). The third-order valence-electron chi connectivity index (χ3n) is 4.40. The second kappa shape index (κ2) is 8.83. The second-order valence-corrected chi connectivity index (χ2v) is 6.53. The molecule has 0 aliphatic carbocycles. The molecule has 0 aliphatic heterocycles. The number of benzene rings is 1. The number of nitrogens with one attached hydrogen (secondary N) is 1. The minimum absolute atomic E-state index is 0.0324. The van der Waals surface area contributed by atoms with Crippen LogP contribution in [0.3, 0.4) is 0 Å². The molecule has 5 nitrogen and oxygen atoms in total. The van der Waals surface area contributed by atoms with Crippen molar-refractivity contribution in [1.29, 1.82) is 0 Å². The van der Waals surface area contributed by atoms with E-state index in [1.807, 2.05) is 6.07 Å². The van der Waals surface area contributed by atoms with E-state index in [2.05, 4.69) is 15.3 Å². The van der Waals surface area contributed by atoms with Gasteiger partial charge in [-0.1, -0.05) is 24.3 Å². The number of carbonyl (C=O) groups excluding carboxylic acids is 1. The number of rotatable bonds is 7. The number of hydrogen-bond donors (Lipinski definition) is 2. The van der Waals surface area contributed by atoms with Crippen LogP contribution >= 0.6 is 0 Å². The number of hydrogen-bond acceptors (Lipinski definition) is 4. The summed E-state index contributed by atoms with van der Waals surface area (Å²) in [5.41, 5.74) is 6.64. The maximum absolute atomic E-state index is 13.5. The molecular weight excluding hydrogens is 381 g/mol. The largest absolute Gasteiger partial charge is 0.416 e. The molecule has 1 amide bonds. The molecule has 3 N–H and O–H groups in total. The molecule has 1 atom stereocenters. The van der Waals surface area contributed by atoms with Crippen molar-refractivity contribution in [2.45, 2.75) is 25.2 Å². The summed E-state index contributed by atoms with van der Waals surface area (Å²) >= 11 is 0. The lowest BCUT2D eigenvalue weighted by Crippen LogP contribution is -2.33. The van der Waals surface area contributed by atoms with E-state index in [0.717, 1.165) is 11.6 Å². The minimum Gasteiger partial charge on any atom is -0.368 e. The lowest BCUT2D eigenvalue weighted by molar-refractivity contribution is -0.138. The molecule has 1 unspecified atom stereocenters. The number of nitrogens with two attached hydrogens (primary N) is 1. The Morgan fingerprint density at radius 3 is 2.24 bits per heavy atom. The summed E-state index contributed by atoms with van der Waals surface area (Å²) in [7, 11) is 0. The predicted molar refractivity (Wildman–Crippen MR) is 101 cm³/mol. The van der Waals surface area contributed by atoms with Crippen LogP contribution in [-0.2, 0) is 23.9 Å². The van der Waals surface area contributed by atoms with E-state index in [4.69, 9.17) is 5.73 Å². The molecule has 0 radical (unpaired) electrons. The van der Waals surface area contributed by atoms with Gasteiger partial charge < -0.3 is 5.73 Å². The zero-order chi connectivity index (χ0) is 20.9. The van der Waals surface area contributed by atoms with Gasteiger partial charge in [0.05, 0.1) is 5.56 Å². The number of aromatic nitrogens is 2. The maximum atomic E-state index is 13.5. The third kappa shape index (κ3) is 5.39. The molecule has 2 heterocycles. The van der Waals surface area contributed by atoms with Gasteiger partial charge in [-0.2, -0.15) is 13.2 Å². The molecule has 8 heteroatoms. The van der Waals surface area contributed by atoms with Crippen LogP contribution in [-0.4, -0.2) is 15.9 Å². The standard InChI is InChI=1S/C21H19F3N4O/c22-21(23,24)18-6-5-16(10-17(18)9-14-3-1-7-26-11-14)19(20(25)29)28-13-15-4-2-8-27-12-15/h1-8,10-12,19,28H,9,13H2,(H2,25,29). The number of carbonyl (C=O) groups is 1. The van der Waals surface area contributed by atoms with Crippen LogP contribution in [0.15, 0.2) is 67.3 Å². The molecule has 0 saturated carbocycles. The Kier molecular flexibility index (Phi) is 6.23. The Morgan fingerprint density at radius 2 is 1.69 bits per heavy atom. The highest BCUT2D eigenvalue weighted by molar-refractivity contribution is 5.81. The fourth-order valence-corrected chi connectivity index (χ4v) is 3.04. The van der Waals surface area contributed by atoms with Crippen molar-refractivity contribution in [1.82, 2.24) is 15.3 Å². The highest BCUT2D eigenvalue weighted by Crippen LogP contribution is 2.34. The average Bonchev–Trinajstić information content (AvgIpc) is 2.69. The van der Waals surface area contributed by atoms with Crippen molar-refractivity contribution in [2.75, 3.05) is 0 Å². The Labute approximate surface area is 165 Å². The molecular formula is C21H19F3N4O. The summed E-state index contributed by atoms with van der Waals surface area (Å²) < 4.78 is 40.4. The van der Waals surface area contributed by atoms with Crippen LogP contribution in [0.4, 0.5) is 13.2 Å². The van der Waals surface area contributed by atoms with E-state index in [9.17, 15) is 18.0 Å². The predicted octanol–water partition coefficient (Wildman–Crippen LogP) is 3.40. The van der Waals surface area contributed by atoms with E-state index in [0.29, 0.717) is 17.7 Å². The third-order valence-corrected chi connectivity index (χ3v) is 4.40. The van der Waals surface area contributed by atoms with Gasteiger partial charge >= 0.3 is 6.18 Å². The quantitative estimate of drug-likeness (QED) is 0.637. The highest BCUT2D eigenvalue weighted by atomic mass is 19.4. The Morgan fingerprint density at radius 1 is 1.03 bits per heavy atom. The van der Waals surface area contributed by atoms with Crippen molar-refractivity contribution < 1.29 is 18.0 Å². The molecule has 0 aliphatic rings. The van der Waals surface area contributed by atoms with Gasteiger partial charge in [0.25, 0.3) is 0 Å². The fraction of sp³-hybridized carbons (Fsp3) is 0.190. The average molecular weight is 400 g/mol. The number of amides is 1. The molecule has 29 heavy (non-hydrogen) atoms. The first kappa shape index (κ1) is 20.5. The van der Waals surface area contributed by atoms with Crippen molar-refractivity contribution in [3.63, 3.8) is 0 Å². The molecule has 2 aromatic heterocycles. The summed E-state index contributed by atoms with van der Waals surface area (Å²) in [6, 6.07) is 9.63. The van der Waals surface area contributed by atoms with Crippen molar-refractivity contribution in [3.8, 4) is 0 Å². The first-order valence-electron chi connectivity index (χ1n) is 8.85. The van der Waals surface area contributed by atoms with Gasteiger partial charge in [-0.05, 0) is 46.9 Å². The van der Waals surface area contributed by atoms with Gasteiger partial charge in [-0.15, -0.1) is 0 Å². The number of nitrogens with zero attached hydrogens (tertiary/aromatic N) is 2. The van der Waals surface area contributed by atoms with Crippen molar-refractivity contribution in [3.05, 3.63) is 95.1 Å². The smallest absolute Gasteiger partial charge is 0.368 e. The van der Waals surface area contributed by atoms with Gasteiger partial charge in [0.15, 0.2) is 0 Å². The summed E-state index contributed by atoms with van der Waals surface area (Å²) in [4.78, 5) is 19.9. The fourth-order valence-electron chi connectivity index (χ4n) is 3.04. The van der Waals surface area contributed by atoms with Gasteiger partial charge in [0.2, 0.25) is 5.91 Å². The van der Waals surface area contributed by atoms with E-state index in [1.165, 1.54) is 18.3 Å². The van der Waals surface area contributed by atoms with E-state index in [-0.39, 0.29) is 12.0 Å². The molecule has 3 aromatic rings. The summed E-state index contributed by atoms with van der Waals surface area (Å²) in [6.07, 6.45) is 1.84. The topological polar surface area (TPSA) is 80.9 Å². The van der Waals surface area contributed by atoms with E-state index in [1.54, 1.807) is 36.8 Å². The normalized spacial score (nSPS) is 12.5. The van der Waals surface area contributed by atoms with Gasteiger partial charge in [0.1, 0.15) is 6.04 Å². The van der Waals surface area contributed by atoms with Gasteiger partial charge in [0, 0.05) is 31.3 Å². The Hall–Kier alpha value is -3.26. The van der Waals surface area contributed by atoms with E-state index < -0.39 is 23.7 Å². The highest BCUT2D eigenvalue weighted by Gasteiger charge is 2.34. The van der Waals surface area contributed by atoms with Crippen LogP contribution in [0, 0.1) is 0 Å². The molecule has 0 bridgehead atoms. The molecule has 150 valence electrons. The summed E-state index contributed by atoms with van der Waals surface area (Å²) in [5, 5.41) is 2.99. The zero-order valence-corrected chi connectivity index (χ0v) is 15.4. The monoisotopic (exact) mass is 400 g/mol. The summed E-state index contributed by atoms with van der Waals surface area (Å²) in [5.74, 6) is -0.680. The maximum Gasteiger partial charge on any atom is 0.416 e. The number of primary amides is 1. The minimum atomic E-state index is -4.51. The van der Waals surface area contributed by atoms with Gasteiger partial charge in [-0.25, -0.2) is 0 Å². The lowest BCUT2D eigenvalue weighted by Gasteiger charge is -2.19. The van der Waals surface area contributed by atoms with Crippen LogP contribution in [0.25, 0.3) is 0 Å². The zero-order valence-electron chi connectivity index (χ0n) is 15.4. The second-order valence-electron chi connectivity index (χ2n) is 6.53.